The minimum Gasteiger partial charge on any atom is -0.386 e. The summed E-state index contributed by atoms with van der Waals surface area (Å²) in [6.45, 7) is 0. The highest BCUT2D eigenvalue weighted by Crippen LogP contribution is 2.82. The molecule has 1 aliphatic carbocycles. The van der Waals surface area contributed by atoms with Gasteiger partial charge in [-0.05, 0) is 11.6 Å². The van der Waals surface area contributed by atoms with Crippen molar-refractivity contribution < 1.29 is 14.4 Å². The number of aliphatic imine (C=N–C) groups is 1. The Morgan fingerprint density at radius 2 is 2.00 bits per heavy atom. The summed E-state index contributed by atoms with van der Waals surface area (Å²) in [4.78, 5) is 14.6. The molecular weight excluding hydrogens is 350 g/mol. The van der Waals surface area contributed by atoms with E-state index in [0.29, 0.717) is 0 Å². The van der Waals surface area contributed by atoms with E-state index in [4.69, 9.17) is 26.8 Å². The molecule has 0 spiro atoms. The van der Waals surface area contributed by atoms with Crippen LogP contribution in [0, 0.1) is 43.6 Å². The lowest BCUT2D eigenvalue weighted by Crippen LogP contribution is -2.41. The molecule has 0 unspecified atom stereocenters. The molecule has 2 aliphatic rings. The Bertz CT molecular complexity index is 900. The molecule has 2 N–H and O–H groups in total. The van der Waals surface area contributed by atoms with E-state index in [1.165, 1.54) is 32.4 Å². The maximum absolute atomic E-state index is 11.1. The number of nitrogens with two attached hydrogens (primary N) is 1. The first-order valence-electron chi connectivity index (χ1n) is 7.04. The van der Waals surface area contributed by atoms with Gasteiger partial charge in [-0.1, -0.05) is 11.6 Å². The van der Waals surface area contributed by atoms with E-state index in [9.17, 15) is 20.6 Å². The molecule has 1 aliphatic heterocycles. The number of rotatable bonds is 4. The second kappa shape index (κ2) is 5.14. The van der Waals surface area contributed by atoms with Crippen LogP contribution in [0.25, 0.3) is 0 Å². The first-order chi connectivity index (χ1) is 11.8. The standard InChI is InChI=1S/C15H12ClN5O4/c1-24-15(25-2)14(7-18)11(13(14,6-17)12(19)20-15)9-5-8(21(22)23)3-4-10(9)16/h3-5,11H,1-2H3,(H2,19,20)/t11-,13+,14+/m0/s1. The van der Waals surface area contributed by atoms with Gasteiger partial charge in [0.15, 0.2) is 5.41 Å². The van der Waals surface area contributed by atoms with E-state index in [1.807, 2.05) is 6.07 Å². The zero-order chi connectivity index (χ0) is 18.6. The molecule has 25 heavy (non-hydrogen) atoms. The number of non-ortho nitro benzene ring substituents is 1. The third kappa shape index (κ3) is 1.65. The van der Waals surface area contributed by atoms with Crippen molar-refractivity contribution in [2.45, 2.75) is 11.8 Å². The summed E-state index contributed by atoms with van der Waals surface area (Å²) in [5.41, 5.74) is 2.83. The lowest BCUT2D eigenvalue weighted by atomic mass is 9.93. The number of benzene rings is 1. The lowest BCUT2D eigenvalue weighted by molar-refractivity contribution is -0.384. The van der Waals surface area contributed by atoms with Gasteiger partial charge in [-0.25, -0.2) is 4.99 Å². The van der Waals surface area contributed by atoms with Crippen molar-refractivity contribution in [2.75, 3.05) is 14.2 Å². The smallest absolute Gasteiger partial charge is 0.292 e. The predicted octanol–water partition coefficient (Wildman–Crippen LogP) is 1.68. The van der Waals surface area contributed by atoms with Crippen molar-refractivity contribution in [2.24, 2.45) is 21.6 Å². The van der Waals surface area contributed by atoms with E-state index in [2.05, 4.69) is 11.1 Å². The molecule has 1 fully saturated rings. The number of halogens is 1. The van der Waals surface area contributed by atoms with Gasteiger partial charge >= 0.3 is 0 Å². The van der Waals surface area contributed by atoms with Crippen LogP contribution in [0.2, 0.25) is 5.02 Å². The first-order valence-corrected chi connectivity index (χ1v) is 7.42. The number of fused-ring (bicyclic) bond motifs is 1. The van der Waals surface area contributed by atoms with Crippen LogP contribution in [-0.4, -0.2) is 30.9 Å². The van der Waals surface area contributed by atoms with E-state index < -0.39 is 27.6 Å². The summed E-state index contributed by atoms with van der Waals surface area (Å²) in [6.07, 6.45) is 0. The fourth-order valence-corrected chi connectivity index (χ4v) is 4.08. The van der Waals surface area contributed by atoms with Gasteiger partial charge in [-0.3, -0.25) is 10.1 Å². The van der Waals surface area contributed by atoms with Gasteiger partial charge in [0.25, 0.3) is 11.6 Å². The summed E-state index contributed by atoms with van der Waals surface area (Å²) < 4.78 is 10.6. The summed E-state index contributed by atoms with van der Waals surface area (Å²) in [5, 5.41) is 31.0. The van der Waals surface area contributed by atoms with Crippen LogP contribution in [0.5, 0.6) is 0 Å². The van der Waals surface area contributed by atoms with Crippen LogP contribution in [0.3, 0.4) is 0 Å². The normalized spacial score (nSPS) is 31.4. The lowest BCUT2D eigenvalue weighted by Gasteiger charge is -2.29. The summed E-state index contributed by atoms with van der Waals surface area (Å²) in [7, 11) is 2.55. The average Bonchev–Trinajstić information content (AvgIpc) is 3.17. The minimum absolute atomic E-state index is 0.132. The number of nitriles is 2. The number of nitrogens with zero attached hydrogens (tertiary/aromatic N) is 4. The Morgan fingerprint density at radius 1 is 1.36 bits per heavy atom. The highest BCUT2D eigenvalue weighted by molar-refractivity contribution is 6.31. The molecule has 0 aromatic heterocycles. The number of amidine groups is 1. The number of hydrogen-bond donors (Lipinski definition) is 1. The van der Waals surface area contributed by atoms with Crippen molar-refractivity contribution in [1.29, 1.82) is 10.5 Å². The molecule has 10 heteroatoms. The molecule has 9 nitrogen and oxygen atoms in total. The molecular formula is C15H12ClN5O4. The summed E-state index contributed by atoms with van der Waals surface area (Å²) >= 11 is 6.21. The van der Waals surface area contributed by atoms with Crippen molar-refractivity contribution >= 4 is 23.1 Å². The highest BCUT2D eigenvalue weighted by Gasteiger charge is 2.93. The van der Waals surface area contributed by atoms with Gasteiger partial charge in [-0.2, -0.15) is 10.5 Å². The molecule has 0 amide bonds. The third-order valence-corrected chi connectivity index (χ3v) is 5.33. The van der Waals surface area contributed by atoms with Crippen molar-refractivity contribution in [3.63, 3.8) is 0 Å². The van der Waals surface area contributed by atoms with E-state index in [0.717, 1.165) is 0 Å². The molecule has 1 heterocycles. The minimum atomic E-state index is -1.81. The van der Waals surface area contributed by atoms with Crippen LogP contribution < -0.4 is 5.73 Å². The Kier molecular flexibility index (Phi) is 3.52. The third-order valence-electron chi connectivity index (χ3n) is 4.98. The molecule has 0 radical (unpaired) electrons. The Labute approximate surface area is 147 Å². The van der Waals surface area contributed by atoms with Crippen LogP contribution >= 0.6 is 11.6 Å². The number of nitro groups is 1. The van der Waals surface area contributed by atoms with Gasteiger partial charge in [0.1, 0.15) is 11.3 Å². The fraction of sp³-hybridized carbons (Fsp3) is 0.400. The van der Waals surface area contributed by atoms with Gasteiger partial charge in [0.2, 0.25) is 0 Å². The predicted molar refractivity (Wildman–Crippen MR) is 85.3 cm³/mol. The Balaban J connectivity index is 2.29. The Morgan fingerprint density at radius 3 is 2.48 bits per heavy atom. The second-order valence-corrected chi connectivity index (χ2v) is 6.13. The number of ether oxygens (including phenoxy) is 2. The average molecular weight is 362 g/mol. The molecule has 0 bridgehead atoms. The first kappa shape index (κ1) is 17.1. The van der Waals surface area contributed by atoms with Crippen LogP contribution in [0.1, 0.15) is 11.5 Å². The quantitative estimate of drug-likeness (QED) is 0.487. The Hall–Kier alpha value is -2.72. The maximum Gasteiger partial charge on any atom is 0.292 e. The van der Waals surface area contributed by atoms with Crippen molar-refractivity contribution in [1.82, 2.24) is 0 Å². The van der Waals surface area contributed by atoms with Gasteiger partial charge in [0.05, 0.1) is 17.1 Å². The van der Waals surface area contributed by atoms with Gasteiger partial charge in [0, 0.05) is 37.3 Å². The van der Waals surface area contributed by atoms with Crippen molar-refractivity contribution in [3.05, 3.63) is 38.9 Å². The largest absolute Gasteiger partial charge is 0.386 e. The summed E-state index contributed by atoms with van der Waals surface area (Å²) in [6, 6.07) is 7.90. The molecule has 3 atom stereocenters. The van der Waals surface area contributed by atoms with Crippen LogP contribution in [0.4, 0.5) is 5.69 Å². The summed E-state index contributed by atoms with van der Waals surface area (Å²) in [5.74, 6) is -2.83. The van der Waals surface area contributed by atoms with Crippen molar-refractivity contribution in [3.8, 4) is 12.1 Å². The van der Waals surface area contributed by atoms with E-state index in [-0.39, 0.29) is 22.1 Å². The number of methoxy groups -OCH3 is 2. The second-order valence-electron chi connectivity index (χ2n) is 5.72. The fourth-order valence-electron chi connectivity index (χ4n) is 3.85. The van der Waals surface area contributed by atoms with Gasteiger partial charge in [-0.15, -0.1) is 0 Å². The van der Waals surface area contributed by atoms with Gasteiger partial charge < -0.3 is 15.2 Å². The topological polar surface area (TPSA) is 148 Å². The zero-order valence-electron chi connectivity index (χ0n) is 13.2. The van der Waals surface area contributed by atoms with E-state index >= 15 is 0 Å². The zero-order valence-corrected chi connectivity index (χ0v) is 13.9. The molecule has 0 saturated heterocycles. The molecule has 1 aromatic carbocycles. The molecule has 1 aromatic rings. The number of nitro benzene ring substituents is 1. The highest BCUT2D eigenvalue weighted by atomic mass is 35.5. The number of hydrogen-bond acceptors (Lipinski definition) is 8. The maximum atomic E-state index is 11.1. The molecule has 128 valence electrons. The molecule has 1 saturated carbocycles. The SMILES string of the molecule is COC1(OC)N=C(N)[C@@]2(C#N)[C@H](c3cc([N+](=O)[O-])ccc3Cl)[C@@]12C#N. The van der Waals surface area contributed by atoms with Crippen LogP contribution in [0.15, 0.2) is 23.2 Å². The van der Waals surface area contributed by atoms with E-state index in [1.54, 1.807) is 0 Å². The molecule has 3 rings (SSSR count). The van der Waals surface area contributed by atoms with Crippen LogP contribution in [-0.2, 0) is 9.47 Å². The monoisotopic (exact) mass is 361 g/mol.